The Bertz CT molecular complexity index is 956. The van der Waals surface area contributed by atoms with E-state index < -0.39 is 5.97 Å². The molecule has 172 valence electrons. The predicted octanol–water partition coefficient (Wildman–Crippen LogP) is 5.15. The molecular formula is C24H29Cl2N3O3. The van der Waals surface area contributed by atoms with E-state index in [9.17, 15) is 9.90 Å². The van der Waals surface area contributed by atoms with Crippen LogP contribution < -0.4 is 9.64 Å². The van der Waals surface area contributed by atoms with E-state index in [0.29, 0.717) is 21.8 Å². The summed E-state index contributed by atoms with van der Waals surface area (Å²) in [5.41, 5.74) is 1.14. The van der Waals surface area contributed by atoms with Gasteiger partial charge < -0.3 is 19.6 Å². The number of aryl methyl sites for hydroxylation is 1. The molecule has 2 fully saturated rings. The number of halogens is 2. The summed E-state index contributed by atoms with van der Waals surface area (Å²) in [5, 5.41) is 10.6. The van der Waals surface area contributed by atoms with Crippen LogP contribution in [-0.2, 0) is 0 Å². The lowest BCUT2D eigenvalue weighted by Crippen LogP contribution is -2.43. The molecule has 2 aliphatic heterocycles. The minimum Gasteiger partial charge on any atom is -0.490 e. The Hall–Kier alpha value is -2.02. The number of rotatable bonds is 6. The highest BCUT2D eigenvalue weighted by Crippen LogP contribution is 2.29. The van der Waals surface area contributed by atoms with Crippen molar-refractivity contribution in [2.24, 2.45) is 5.92 Å². The number of carboxylic acid groups (broad SMARTS) is 1. The number of ether oxygens (including phenoxy) is 1. The first kappa shape index (κ1) is 23.1. The molecule has 0 spiro atoms. The fourth-order valence-electron chi connectivity index (χ4n) is 4.60. The van der Waals surface area contributed by atoms with Crippen molar-refractivity contribution in [3.8, 4) is 5.75 Å². The SMILES string of the molecule is Cc1ccc(C(=O)O)c(N2CCC(CN3CCC(Oc4ccc(Cl)c(Cl)c4)CC3)CC2)n1. The van der Waals surface area contributed by atoms with Crippen molar-refractivity contribution >= 4 is 35.0 Å². The Morgan fingerprint density at radius 3 is 2.44 bits per heavy atom. The van der Waals surface area contributed by atoms with Gasteiger partial charge in [-0.15, -0.1) is 0 Å². The van der Waals surface area contributed by atoms with Crippen LogP contribution in [0.25, 0.3) is 0 Å². The average molecular weight is 478 g/mol. The van der Waals surface area contributed by atoms with E-state index in [-0.39, 0.29) is 11.7 Å². The van der Waals surface area contributed by atoms with E-state index in [2.05, 4.69) is 14.8 Å². The predicted molar refractivity (Wildman–Crippen MR) is 127 cm³/mol. The first-order chi connectivity index (χ1) is 15.4. The van der Waals surface area contributed by atoms with Crippen molar-refractivity contribution in [1.82, 2.24) is 9.88 Å². The van der Waals surface area contributed by atoms with Crippen LogP contribution in [-0.4, -0.2) is 59.8 Å². The van der Waals surface area contributed by atoms with Gasteiger partial charge in [0.2, 0.25) is 0 Å². The second-order valence-corrected chi connectivity index (χ2v) is 9.57. The lowest BCUT2D eigenvalue weighted by atomic mass is 9.94. The number of piperidine rings is 2. The van der Waals surface area contributed by atoms with Gasteiger partial charge in [0, 0.05) is 44.5 Å². The topological polar surface area (TPSA) is 65.9 Å². The molecule has 2 aliphatic rings. The first-order valence-electron chi connectivity index (χ1n) is 11.2. The molecule has 2 saturated heterocycles. The number of anilines is 1. The number of carbonyl (C=O) groups is 1. The molecule has 1 aromatic carbocycles. The lowest BCUT2D eigenvalue weighted by Gasteiger charge is -2.38. The number of hydrogen-bond donors (Lipinski definition) is 1. The van der Waals surface area contributed by atoms with Crippen LogP contribution in [0, 0.1) is 12.8 Å². The summed E-state index contributed by atoms with van der Waals surface area (Å²) in [6.07, 6.45) is 4.29. The zero-order valence-electron chi connectivity index (χ0n) is 18.3. The van der Waals surface area contributed by atoms with Crippen LogP contribution in [0.2, 0.25) is 10.0 Å². The van der Waals surface area contributed by atoms with Gasteiger partial charge in [0.25, 0.3) is 0 Å². The van der Waals surface area contributed by atoms with Gasteiger partial charge in [0.05, 0.1) is 10.0 Å². The fraction of sp³-hybridized carbons (Fsp3) is 0.500. The molecule has 0 aliphatic carbocycles. The lowest BCUT2D eigenvalue weighted by molar-refractivity contribution is 0.0696. The van der Waals surface area contributed by atoms with E-state index >= 15 is 0 Å². The molecule has 0 atom stereocenters. The van der Waals surface area contributed by atoms with Crippen LogP contribution in [0.4, 0.5) is 5.82 Å². The van der Waals surface area contributed by atoms with E-state index in [0.717, 1.165) is 69.9 Å². The standard InChI is InChI=1S/C24H29Cl2N3O3/c1-16-2-4-20(24(30)31)23(27-16)29-12-6-17(7-13-29)15-28-10-8-18(9-11-28)32-19-3-5-21(25)22(26)14-19/h2-5,14,17-18H,6-13,15H2,1H3,(H,30,31). The van der Waals surface area contributed by atoms with Gasteiger partial charge in [-0.1, -0.05) is 23.2 Å². The van der Waals surface area contributed by atoms with Gasteiger partial charge in [-0.3, -0.25) is 0 Å². The van der Waals surface area contributed by atoms with Crippen LogP contribution in [0.1, 0.15) is 41.7 Å². The normalized spacial score (nSPS) is 18.7. The highest BCUT2D eigenvalue weighted by molar-refractivity contribution is 6.42. The minimum absolute atomic E-state index is 0.201. The number of pyridine rings is 1. The number of aromatic nitrogens is 1. The van der Waals surface area contributed by atoms with Crippen LogP contribution in [0.5, 0.6) is 5.75 Å². The Labute approximate surface area is 199 Å². The molecule has 0 amide bonds. The average Bonchev–Trinajstić information content (AvgIpc) is 2.78. The second kappa shape index (κ2) is 10.3. The van der Waals surface area contributed by atoms with E-state index in [1.807, 2.05) is 13.0 Å². The summed E-state index contributed by atoms with van der Waals surface area (Å²) in [6.45, 7) is 6.72. The molecule has 32 heavy (non-hydrogen) atoms. The quantitative estimate of drug-likeness (QED) is 0.619. The Morgan fingerprint density at radius 1 is 1.06 bits per heavy atom. The molecule has 4 rings (SSSR count). The smallest absolute Gasteiger partial charge is 0.339 e. The van der Waals surface area contributed by atoms with Crippen LogP contribution in [0.3, 0.4) is 0 Å². The third kappa shape index (κ3) is 5.66. The van der Waals surface area contributed by atoms with Gasteiger partial charge in [0.1, 0.15) is 23.2 Å². The van der Waals surface area contributed by atoms with Crippen LogP contribution >= 0.6 is 23.2 Å². The molecular weight excluding hydrogens is 449 g/mol. The summed E-state index contributed by atoms with van der Waals surface area (Å²) in [4.78, 5) is 20.8. The third-order valence-corrected chi connectivity index (χ3v) is 7.14. The van der Waals surface area contributed by atoms with Gasteiger partial charge in [-0.25, -0.2) is 9.78 Å². The molecule has 0 unspecified atom stereocenters. The van der Waals surface area contributed by atoms with Crippen molar-refractivity contribution in [1.29, 1.82) is 0 Å². The maximum absolute atomic E-state index is 11.6. The molecule has 2 aromatic rings. The van der Waals surface area contributed by atoms with Gasteiger partial charge >= 0.3 is 5.97 Å². The summed E-state index contributed by atoms with van der Waals surface area (Å²) in [5.74, 6) is 1.09. The molecule has 6 nitrogen and oxygen atoms in total. The molecule has 1 aromatic heterocycles. The number of benzene rings is 1. The Morgan fingerprint density at radius 2 is 1.78 bits per heavy atom. The maximum atomic E-state index is 11.6. The summed E-state index contributed by atoms with van der Waals surface area (Å²) < 4.78 is 6.10. The van der Waals surface area contributed by atoms with Gasteiger partial charge in [0.15, 0.2) is 0 Å². The zero-order chi connectivity index (χ0) is 22.7. The number of aromatic carboxylic acids is 1. The highest BCUT2D eigenvalue weighted by Gasteiger charge is 2.27. The van der Waals surface area contributed by atoms with Gasteiger partial charge in [-0.05, 0) is 62.8 Å². The summed E-state index contributed by atoms with van der Waals surface area (Å²) >= 11 is 12.1. The second-order valence-electron chi connectivity index (χ2n) is 8.75. The maximum Gasteiger partial charge on any atom is 0.339 e. The van der Waals surface area contributed by atoms with Gasteiger partial charge in [-0.2, -0.15) is 0 Å². The van der Waals surface area contributed by atoms with Crippen LogP contribution in [0.15, 0.2) is 30.3 Å². The van der Waals surface area contributed by atoms with E-state index in [1.165, 1.54) is 0 Å². The summed E-state index contributed by atoms with van der Waals surface area (Å²) in [7, 11) is 0. The largest absolute Gasteiger partial charge is 0.490 e. The van der Waals surface area contributed by atoms with Crippen molar-refractivity contribution in [2.45, 2.75) is 38.7 Å². The molecule has 1 N–H and O–H groups in total. The number of carboxylic acids is 1. The minimum atomic E-state index is -0.916. The molecule has 0 radical (unpaired) electrons. The van der Waals surface area contributed by atoms with Crippen molar-refractivity contribution in [3.63, 3.8) is 0 Å². The molecule has 0 saturated carbocycles. The van der Waals surface area contributed by atoms with E-state index in [1.54, 1.807) is 24.3 Å². The van der Waals surface area contributed by atoms with E-state index in [4.69, 9.17) is 27.9 Å². The fourth-order valence-corrected chi connectivity index (χ4v) is 4.88. The monoisotopic (exact) mass is 477 g/mol. The number of nitrogens with zero attached hydrogens (tertiary/aromatic N) is 3. The zero-order valence-corrected chi connectivity index (χ0v) is 19.8. The first-order valence-corrected chi connectivity index (χ1v) is 11.9. The Balaban J connectivity index is 1.24. The van der Waals surface area contributed by atoms with Crippen molar-refractivity contribution < 1.29 is 14.6 Å². The molecule has 3 heterocycles. The highest BCUT2D eigenvalue weighted by atomic mass is 35.5. The molecule has 0 bridgehead atoms. The molecule has 8 heteroatoms. The van der Waals surface area contributed by atoms with Crippen molar-refractivity contribution in [2.75, 3.05) is 37.6 Å². The number of likely N-dealkylation sites (tertiary alicyclic amines) is 1. The van der Waals surface area contributed by atoms with Crippen molar-refractivity contribution in [3.05, 3.63) is 51.6 Å². The third-order valence-electron chi connectivity index (χ3n) is 6.40. The Kier molecular flexibility index (Phi) is 7.44. The number of hydrogen-bond acceptors (Lipinski definition) is 5. The summed E-state index contributed by atoms with van der Waals surface area (Å²) in [6, 6.07) is 8.84.